The van der Waals surface area contributed by atoms with E-state index in [9.17, 15) is 19.8 Å². The fourth-order valence-electron chi connectivity index (χ4n) is 10.2. The Balaban J connectivity index is 3.42. The van der Waals surface area contributed by atoms with Crippen LogP contribution in [0.5, 0.6) is 0 Å². The predicted molar refractivity (Wildman–Crippen MR) is 329 cm³/mol. The Labute approximate surface area is 467 Å². The van der Waals surface area contributed by atoms with Gasteiger partial charge in [0, 0.05) is 12.8 Å². The number of nitrogens with one attached hydrogen (secondary N) is 1. The van der Waals surface area contributed by atoms with E-state index in [0.29, 0.717) is 19.4 Å². The molecule has 0 aliphatic heterocycles. The minimum atomic E-state index is -0.846. The summed E-state index contributed by atoms with van der Waals surface area (Å²) in [5.41, 5.74) is 0. The molecule has 0 aromatic carbocycles. The van der Waals surface area contributed by atoms with E-state index in [1.54, 1.807) is 6.08 Å². The van der Waals surface area contributed by atoms with Crippen molar-refractivity contribution in [1.82, 2.24) is 5.32 Å². The van der Waals surface area contributed by atoms with Crippen LogP contribution in [0.25, 0.3) is 0 Å². The van der Waals surface area contributed by atoms with Crippen LogP contribution >= 0.6 is 0 Å². The van der Waals surface area contributed by atoms with Crippen LogP contribution in [0.15, 0.2) is 48.6 Å². The summed E-state index contributed by atoms with van der Waals surface area (Å²) in [5, 5.41) is 23.1. The maximum absolute atomic E-state index is 12.5. The van der Waals surface area contributed by atoms with Gasteiger partial charge in [0.05, 0.1) is 25.4 Å². The second-order valence-corrected chi connectivity index (χ2v) is 22.8. The van der Waals surface area contributed by atoms with E-state index in [-0.39, 0.29) is 18.5 Å². The number of carbonyl (C=O) groups excluding carboxylic acids is 2. The van der Waals surface area contributed by atoms with Crippen LogP contribution in [-0.2, 0) is 14.3 Å². The van der Waals surface area contributed by atoms with Gasteiger partial charge in [-0.1, -0.05) is 300 Å². The third kappa shape index (κ3) is 60.9. The molecular weight excluding hydrogens is 923 g/mol. The minimum Gasteiger partial charge on any atom is -0.466 e. The third-order valence-corrected chi connectivity index (χ3v) is 15.3. The average Bonchev–Trinajstić information content (AvgIpc) is 3.41. The Bertz CT molecular complexity index is 1260. The van der Waals surface area contributed by atoms with Gasteiger partial charge in [-0.05, 0) is 89.9 Å². The first-order valence-electron chi connectivity index (χ1n) is 33.4. The molecule has 440 valence electrons. The highest BCUT2D eigenvalue weighted by Crippen LogP contribution is 2.17. The number of allylic oxidation sites excluding steroid dienone is 7. The molecule has 0 aromatic heterocycles. The fourth-order valence-corrected chi connectivity index (χ4v) is 10.2. The predicted octanol–water partition coefficient (Wildman–Crippen LogP) is 21.3. The molecular formula is C69H129NO5. The van der Waals surface area contributed by atoms with Crippen LogP contribution in [0.3, 0.4) is 0 Å². The van der Waals surface area contributed by atoms with Gasteiger partial charge in [-0.25, -0.2) is 0 Å². The normalized spacial score (nSPS) is 12.9. The zero-order chi connectivity index (χ0) is 54.3. The summed E-state index contributed by atoms with van der Waals surface area (Å²) in [6.45, 7) is 4.91. The van der Waals surface area contributed by atoms with Gasteiger partial charge in [0.25, 0.3) is 0 Å². The van der Waals surface area contributed by atoms with Crippen LogP contribution in [0.2, 0.25) is 0 Å². The SMILES string of the molecule is CCCCCCCCC/C=C\CCCCCCCCCC(=O)OCCCCCCCCCCC/C=C\C/C=C\CCCCCCCCCCCCCC(=O)NC(CO)C(O)/C=C/CCCCCCCCCCCCC. The van der Waals surface area contributed by atoms with Gasteiger partial charge in [0.1, 0.15) is 0 Å². The maximum atomic E-state index is 12.5. The number of aliphatic hydroxyl groups is 2. The molecule has 0 saturated heterocycles. The molecule has 0 aliphatic carbocycles. The first kappa shape index (κ1) is 72.8. The van der Waals surface area contributed by atoms with Crippen molar-refractivity contribution in [2.24, 2.45) is 0 Å². The van der Waals surface area contributed by atoms with E-state index in [1.165, 1.54) is 276 Å². The number of aliphatic hydroxyl groups excluding tert-OH is 2. The molecule has 1 amide bonds. The molecule has 0 bridgehead atoms. The summed E-state index contributed by atoms with van der Waals surface area (Å²) >= 11 is 0. The van der Waals surface area contributed by atoms with Crippen LogP contribution < -0.4 is 5.32 Å². The first-order valence-corrected chi connectivity index (χ1v) is 33.4. The average molecular weight is 1050 g/mol. The molecule has 2 atom stereocenters. The van der Waals surface area contributed by atoms with Gasteiger partial charge < -0.3 is 20.3 Å². The number of esters is 1. The lowest BCUT2D eigenvalue weighted by atomic mass is 10.0. The Morgan fingerprint density at radius 3 is 1.03 bits per heavy atom. The number of hydrogen-bond acceptors (Lipinski definition) is 5. The lowest BCUT2D eigenvalue weighted by Gasteiger charge is -2.20. The molecule has 3 N–H and O–H groups in total. The van der Waals surface area contributed by atoms with Crippen LogP contribution in [-0.4, -0.2) is 47.4 Å². The standard InChI is InChI=1S/C69H129NO5/c1-3-5-7-9-11-13-15-17-18-19-32-35-39-43-47-51-55-59-63-69(74)75-64-60-56-52-48-44-40-36-33-30-28-26-24-22-20-21-23-25-27-29-31-34-38-42-46-50-54-58-62-68(73)70-66(65-71)67(72)61-57-53-49-45-41-37-16-14-12-10-8-6-4-2/h18-21,24,26,57,61,66-67,71-72H,3-17,22-23,25,27-56,58-60,62-65H2,1-2H3,(H,70,73)/b19-18-,21-20-,26-24-,61-57+. The highest BCUT2D eigenvalue weighted by molar-refractivity contribution is 5.76. The smallest absolute Gasteiger partial charge is 0.305 e. The number of rotatable bonds is 62. The summed E-state index contributed by atoms with van der Waals surface area (Å²) in [7, 11) is 0. The van der Waals surface area contributed by atoms with Crippen molar-refractivity contribution in [3.05, 3.63) is 48.6 Å². The number of amides is 1. The molecule has 6 heteroatoms. The first-order chi connectivity index (χ1) is 37.0. The summed E-state index contributed by atoms with van der Waals surface area (Å²) < 4.78 is 5.50. The van der Waals surface area contributed by atoms with Gasteiger partial charge >= 0.3 is 5.97 Å². The monoisotopic (exact) mass is 1050 g/mol. The van der Waals surface area contributed by atoms with Crippen LogP contribution in [0.1, 0.15) is 354 Å². The topological polar surface area (TPSA) is 95.9 Å². The minimum absolute atomic E-state index is 0.00728. The molecule has 0 radical (unpaired) electrons. The molecule has 0 rings (SSSR count). The summed E-state index contributed by atoms with van der Waals surface area (Å²) in [6.07, 6.45) is 83.2. The highest BCUT2D eigenvalue weighted by atomic mass is 16.5. The van der Waals surface area contributed by atoms with E-state index in [0.717, 1.165) is 51.4 Å². The van der Waals surface area contributed by atoms with Crippen molar-refractivity contribution in [3.63, 3.8) is 0 Å². The van der Waals surface area contributed by atoms with Crippen molar-refractivity contribution in [2.75, 3.05) is 13.2 Å². The zero-order valence-electron chi connectivity index (χ0n) is 50.3. The van der Waals surface area contributed by atoms with Crippen molar-refractivity contribution >= 4 is 11.9 Å². The molecule has 6 nitrogen and oxygen atoms in total. The number of carbonyl (C=O) groups is 2. The summed E-state index contributed by atoms with van der Waals surface area (Å²) in [6, 6.07) is -0.630. The lowest BCUT2D eigenvalue weighted by molar-refractivity contribution is -0.143. The molecule has 0 aliphatic rings. The Hall–Kier alpha value is -2.18. The third-order valence-electron chi connectivity index (χ3n) is 15.3. The van der Waals surface area contributed by atoms with Crippen molar-refractivity contribution in [3.8, 4) is 0 Å². The van der Waals surface area contributed by atoms with E-state index in [4.69, 9.17) is 4.74 Å². The number of unbranched alkanes of at least 4 members (excludes halogenated alkanes) is 45. The van der Waals surface area contributed by atoms with E-state index < -0.39 is 12.1 Å². The lowest BCUT2D eigenvalue weighted by Crippen LogP contribution is -2.45. The molecule has 2 unspecified atom stereocenters. The molecule has 0 spiro atoms. The second kappa shape index (κ2) is 64.3. The van der Waals surface area contributed by atoms with Gasteiger partial charge in [-0.2, -0.15) is 0 Å². The quantitative estimate of drug-likeness (QED) is 0.0320. The number of ether oxygens (including phenoxy) is 1. The van der Waals surface area contributed by atoms with Crippen LogP contribution in [0.4, 0.5) is 0 Å². The van der Waals surface area contributed by atoms with Gasteiger partial charge in [-0.15, -0.1) is 0 Å². The van der Waals surface area contributed by atoms with Crippen LogP contribution in [0, 0.1) is 0 Å². The molecule has 75 heavy (non-hydrogen) atoms. The maximum Gasteiger partial charge on any atom is 0.305 e. The van der Waals surface area contributed by atoms with E-state index >= 15 is 0 Å². The van der Waals surface area contributed by atoms with Crippen molar-refractivity contribution in [1.29, 1.82) is 0 Å². The largest absolute Gasteiger partial charge is 0.466 e. The molecule has 0 aromatic rings. The zero-order valence-corrected chi connectivity index (χ0v) is 50.3. The van der Waals surface area contributed by atoms with Crippen molar-refractivity contribution in [2.45, 2.75) is 366 Å². The number of hydrogen-bond donors (Lipinski definition) is 3. The fraction of sp³-hybridized carbons (Fsp3) is 0.855. The molecule has 0 saturated carbocycles. The van der Waals surface area contributed by atoms with Crippen molar-refractivity contribution < 1.29 is 24.5 Å². The van der Waals surface area contributed by atoms with Gasteiger partial charge in [-0.3, -0.25) is 9.59 Å². The van der Waals surface area contributed by atoms with Gasteiger partial charge in [0.2, 0.25) is 5.91 Å². The van der Waals surface area contributed by atoms with E-state index in [1.807, 2.05) is 6.08 Å². The Morgan fingerprint density at radius 2 is 0.667 bits per heavy atom. The molecule has 0 heterocycles. The van der Waals surface area contributed by atoms with E-state index in [2.05, 4.69) is 55.6 Å². The Morgan fingerprint density at radius 1 is 0.373 bits per heavy atom. The Kier molecular flexibility index (Phi) is 62.5. The second-order valence-electron chi connectivity index (χ2n) is 22.8. The summed E-state index contributed by atoms with van der Waals surface area (Å²) in [5.74, 6) is -0.0637. The molecule has 0 fully saturated rings. The summed E-state index contributed by atoms with van der Waals surface area (Å²) in [4.78, 5) is 24.5. The highest BCUT2D eigenvalue weighted by Gasteiger charge is 2.18. The van der Waals surface area contributed by atoms with Gasteiger partial charge in [0.15, 0.2) is 0 Å².